The second-order valence-electron chi connectivity index (χ2n) is 18.4. The molecule has 0 aromatic carbocycles. The van der Waals surface area contributed by atoms with Gasteiger partial charge in [-0.05, 0) is 44.9 Å². The van der Waals surface area contributed by atoms with Crippen LogP contribution in [0.25, 0.3) is 0 Å². The number of aliphatic hydroxyl groups is 1. The lowest BCUT2D eigenvalue weighted by Crippen LogP contribution is -2.30. The molecule has 0 aromatic heterocycles. The molecule has 388 valence electrons. The van der Waals surface area contributed by atoms with Crippen LogP contribution in [0.5, 0.6) is 0 Å². The molecule has 0 aliphatic carbocycles. The maximum atomic E-state index is 12.8. The second-order valence-corrected chi connectivity index (χ2v) is 19.9. The molecular weight excluding hydrogens is 856 g/mol. The van der Waals surface area contributed by atoms with Crippen molar-refractivity contribution in [1.29, 1.82) is 0 Å². The zero-order chi connectivity index (χ0) is 48.4. The molecule has 0 heterocycles. The minimum atomic E-state index is -4.73. The Labute approximate surface area is 404 Å². The smallest absolute Gasteiger partial charge is 0.462 e. The molecule has 0 aromatic rings. The average Bonchev–Trinajstić information content (AvgIpc) is 3.30. The van der Waals surface area contributed by atoms with Gasteiger partial charge in [0.1, 0.15) is 12.7 Å². The predicted octanol–water partition coefficient (Wildman–Crippen LogP) is 15.5. The van der Waals surface area contributed by atoms with Crippen molar-refractivity contribution in [3.05, 3.63) is 24.3 Å². The monoisotopic (exact) mass is 957 g/mol. The van der Waals surface area contributed by atoms with Gasteiger partial charge < -0.3 is 24.2 Å². The van der Waals surface area contributed by atoms with Crippen molar-refractivity contribution in [2.24, 2.45) is 0 Å². The van der Waals surface area contributed by atoms with Crippen LogP contribution in [0, 0.1) is 0 Å². The van der Waals surface area contributed by atoms with Crippen molar-refractivity contribution in [1.82, 2.24) is 0 Å². The van der Waals surface area contributed by atoms with E-state index < -0.39 is 57.8 Å². The summed E-state index contributed by atoms with van der Waals surface area (Å²) >= 11 is 0. The summed E-state index contributed by atoms with van der Waals surface area (Å²) in [5.41, 5.74) is 0. The van der Waals surface area contributed by atoms with Gasteiger partial charge in [-0.25, -0.2) is 4.57 Å². The minimum absolute atomic E-state index is 0.156. The summed E-state index contributed by atoms with van der Waals surface area (Å²) in [6, 6.07) is 0. The van der Waals surface area contributed by atoms with Gasteiger partial charge in [-0.15, -0.1) is 0 Å². The van der Waals surface area contributed by atoms with Crippen LogP contribution in [0.2, 0.25) is 0 Å². The quantitative estimate of drug-likeness (QED) is 0.0197. The summed E-state index contributed by atoms with van der Waals surface area (Å²) in [6.07, 6.45) is 47.2. The highest BCUT2D eigenvalue weighted by atomic mass is 31.2. The van der Waals surface area contributed by atoms with Crippen LogP contribution in [0.4, 0.5) is 0 Å². The predicted molar refractivity (Wildman–Crippen MR) is 270 cm³/mol. The van der Waals surface area contributed by atoms with Gasteiger partial charge in [0.05, 0.1) is 19.8 Å². The van der Waals surface area contributed by atoms with Gasteiger partial charge in [0.15, 0.2) is 6.10 Å². The van der Waals surface area contributed by atoms with Crippen molar-refractivity contribution in [3.8, 4) is 0 Å². The van der Waals surface area contributed by atoms with Gasteiger partial charge in [-0.2, -0.15) is 0 Å². The van der Waals surface area contributed by atoms with Crippen molar-refractivity contribution in [2.75, 3.05) is 26.4 Å². The van der Waals surface area contributed by atoms with E-state index in [-0.39, 0.29) is 25.9 Å². The normalized spacial score (nSPS) is 13.6. The SMILES string of the molecule is CCC/C=C\C/C=C\CCCCCCCC(=O)OC(COC(=O)CCCCCCCCCCCCCCCCCCC)COP(=O)(O)OCC(CO)OC(=O)CCCCCCCCCCC. The molecule has 0 aliphatic rings. The van der Waals surface area contributed by atoms with Gasteiger partial charge in [-0.1, -0.05) is 225 Å². The average molecular weight is 957 g/mol. The molecule has 0 aliphatic heterocycles. The van der Waals surface area contributed by atoms with Gasteiger partial charge in [-0.3, -0.25) is 23.4 Å². The number of carbonyl (C=O) groups is 3. The number of ether oxygens (including phenoxy) is 3. The number of phosphoric acid groups is 1. The number of esters is 3. The maximum absolute atomic E-state index is 12.8. The van der Waals surface area contributed by atoms with Crippen LogP contribution in [0.3, 0.4) is 0 Å². The van der Waals surface area contributed by atoms with Gasteiger partial charge in [0.25, 0.3) is 0 Å². The first-order valence-corrected chi connectivity index (χ1v) is 28.7. The van der Waals surface area contributed by atoms with E-state index in [4.69, 9.17) is 23.3 Å². The standard InChI is InChI=1S/C54H101O11P/c1-4-7-10-13-16-19-21-23-24-25-26-28-29-32-34-37-40-43-52(56)61-47-51(65-54(58)45-42-39-36-33-30-27-22-20-17-14-11-8-5-2)49-63-66(59,60)62-48-50(46-55)64-53(57)44-41-38-35-31-18-15-12-9-6-3/h11,14,20,22,50-51,55H,4-10,12-13,15-19,21,23-49H2,1-3H3,(H,59,60)/b14-11-,22-20-. The number of carbonyl (C=O) groups excluding carboxylic acids is 3. The highest BCUT2D eigenvalue weighted by molar-refractivity contribution is 7.47. The van der Waals surface area contributed by atoms with E-state index in [1.165, 1.54) is 122 Å². The number of hydrogen-bond acceptors (Lipinski definition) is 10. The molecule has 0 saturated heterocycles. The van der Waals surface area contributed by atoms with Crippen LogP contribution in [-0.2, 0) is 42.2 Å². The zero-order valence-electron chi connectivity index (χ0n) is 42.7. The number of aliphatic hydroxyl groups excluding tert-OH is 1. The second kappa shape index (κ2) is 49.4. The number of phosphoric ester groups is 1. The highest BCUT2D eigenvalue weighted by Crippen LogP contribution is 2.43. The first-order chi connectivity index (χ1) is 32.2. The summed E-state index contributed by atoms with van der Waals surface area (Å²) < 4.78 is 39.3. The molecule has 0 rings (SSSR count). The van der Waals surface area contributed by atoms with E-state index in [1.54, 1.807) is 0 Å². The Kier molecular flexibility index (Phi) is 47.9. The van der Waals surface area contributed by atoms with Crippen molar-refractivity contribution in [3.63, 3.8) is 0 Å². The van der Waals surface area contributed by atoms with E-state index in [0.29, 0.717) is 19.3 Å². The van der Waals surface area contributed by atoms with E-state index >= 15 is 0 Å². The van der Waals surface area contributed by atoms with Crippen LogP contribution in [0.15, 0.2) is 24.3 Å². The van der Waals surface area contributed by atoms with E-state index in [9.17, 15) is 28.9 Å². The molecule has 0 saturated carbocycles. The first-order valence-electron chi connectivity index (χ1n) is 27.2. The van der Waals surface area contributed by atoms with E-state index in [1.807, 2.05) is 0 Å². The minimum Gasteiger partial charge on any atom is -0.462 e. The Bertz CT molecular complexity index is 1210. The van der Waals surface area contributed by atoms with Gasteiger partial charge in [0.2, 0.25) is 0 Å². The highest BCUT2D eigenvalue weighted by Gasteiger charge is 2.28. The zero-order valence-corrected chi connectivity index (χ0v) is 43.6. The summed E-state index contributed by atoms with van der Waals surface area (Å²) in [5, 5.41) is 9.75. The van der Waals surface area contributed by atoms with Crippen molar-refractivity contribution < 1.29 is 52.2 Å². The Hall–Kier alpha value is -2.04. The van der Waals surface area contributed by atoms with Crippen LogP contribution in [0.1, 0.15) is 265 Å². The lowest BCUT2D eigenvalue weighted by Gasteiger charge is -2.21. The number of rotatable bonds is 51. The van der Waals surface area contributed by atoms with Crippen molar-refractivity contribution in [2.45, 2.75) is 277 Å². The molecule has 0 amide bonds. The fourth-order valence-electron chi connectivity index (χ4n) is 7.69. The fourth-order valence-corrected chi connectivity index (χ4v) is 8.47. The summed E-state index contributed by atoms with van der Waals surface area (Å²) in [5.74, 6) is -1.46. The first kappa shape index (κ1) is 64.0. The Morgan fingerprint density at radius 3 is 1.18 bits per heavy atom. The van der Waals surface area contributed by atoms with Crippen LogP contribution < -0.4 is 0 Å². The van der Waals surface area contributed by atoms with Crippen LogP contribution >= 0.6 is 7.82 Å². The maximum Gasteiger partial charge on any atom is 0.472 e. The lowest BCUT2D eigenvalue weighted by atomic mass is 10.0. The largest absolute Gasteiger partial charge is 0.472 e. The fraction of sp³-hybridized carbons (Fsp3) is 0.870. The number of hydrogen-bond donors (Lipinski definition) is 2. The molecule has 3 unspecified atom stereocenters. The third kappa shape index (κ3) is 47.0. The van der Waals surface area contributed by atoms with E-state index in [2.05, 4.69) is 45.1 Å². The molecular formula is C54H101O11P. The van der Waals surface area contributed by atoms with Crippen LogP contribution in [-0.4, -0.2) is 66.5 Å². The molecule has 11 nitrogen and oxygen atoms in total. The summed E-state index contributed by atoms with van der Waals surface area (Å²) in [7, 11) is -4.73. The molecule has 0 bridgehead atoms. The Morgan fingerprint density at radius 2 is 0.773 bits per heavy atom. The summed E-state index contributed by atoms with van der Waals surface area (Å²) in [6.45, 7) is 4.57. The Morgan fingerprint density at radius 1 is 0.424 bits per heavy atom. The third-order valence-corrected chi connectivity index (χ3v) is 12.8. The van der Waals surface area contributed by atoms with Gasteiger partial charge in [0, 0.05) is 19.3 Å². The Balaban J connectivity index is 4.69. The molecule has 0 fully saturated rings. The molecule has 12 heteroatoms. The molecule has 66 heavy (non-hydrogen) atoms. The molecule has 3 atom stereocenters. The van der Waals surface area contributed by atoms with Crippen molar-refractivity contribution >= 4 is 25.7 Å². The topological polar surface area (TPSA) is 155 Å². The number of allylic oxidation sites excluding steroid dienone is 4. The lowest BCUT2D eigenvalue weighted by molar-refractivity contribution is -0.161. The van der Waals surface area contributed by atoms with E-state index in [0.717, 1.165) is 83.5 Å². The third-order valence-electron chi connectivity index (χ3n) is 11.9. The summed E-state index contributed by atoms with van der Waals surface area (Å²) in [4.78, 5) is 48.3. The molecule has 2 N–H and O–H groups in total. The van der Waals surface area contributed by atoms with Gasteiger partial charge >= 0.3 is 25.7 Å². The molecule has 0 spiro atoms. The number of unbranched alkanes of at least 4 members (excludes halogenated alkanes) is 30. The molecule has 0 radical (unpaired) electrons.